The number of anilines is 1. The van der Waals surface area contributed by atoms with Crippen LogP contribution in [0.25, 0.3) is 0 Å². The predicted molar refractivity (Wildman–Crippen MR) is 81.5 cm³/mol. The smallest absolute Gasteiger partial charge is 0.218 e. The van der Waals surface area contributed by atoms with Gasteiger partial charge in [0.2, 0.25) is 5.88 Å². The third-order valence-corrected chi connectivity index (χ3v) is 3.22. The van der Waals surface area contributed by atoms with Crippen LogP contribution in [-0.2, 0) is 11.3 Å². The van der Waals surface area contributed by atoms with Gasteiger partial charge >= 0.3 is 0 Å². The van der Waals surface area contributed by atoms with Crippen LogP contribution in [0.5, 0.6) is 5.88 Å². The fourth-order valence-electron chi connectivity index (χ4n) is 1.96. The van der Waals surface area contributed by atoms with E-state index in [-0.39, 0.29) is 0 Å². The zero-order chi connectivity index (χ0) is 15.2. The maximum Gasteiger partial charge on any atom is 0.218 e. The molecule has 0 radical (unpaired) electrons. The van der Waals surface area contributed by atoms with Crippen LogP contribution in [0.2, 0.25) is 5.02 Å². The van der Waals surface area contributed by atoms with Crippen molar-refractivity contribution >= 4 is 17.3 Å². The monoisotopic (exact) mass is 305 g/mol. The minimum absolute atomic E-state index is 0.371. The number of nitrogens with two attached hydrogens (primary N) is 1. The summed E-state index contributed by atoms with van der Waals surface area (Å²) in [6.07, 6.45) is 0. The third kappa shape index (κ3) is 3.69. The lowest BCUT2D eigenvalue weighted by atomic mass is 10.2. The summed E-state index contributed by atoms with van der Waals surface area (Å²) >= 11 is 5.88. The molecule has 1 heterocycles. The number of halogens is 1. The molecular weight excluding hydrogens is 290 g/mol. The number of methoxy groups -OCH3 is 1. The molecule has 0 bridgehead atoms. The van der Waals surface area contributed by atoms with Crippen molar-refractivity contribution in [1.82, 2.24) is 4.57 Å². The van der Waals surface area contributed by atoms with Gasteiger partial charge in [-0.3, -0.25) is 4.57 Å². The van der Waals surface area contributed by atoms with E-state index in [1.54, 1.807) is 29.9 Å². The molecule has 2 aromatic rings. The molecular formula is C15H16ClN3O2. The average molecular weight is 306 g/mol. The Hall–Kier alpha value is -2.16. The Morgan fingerprint density at radius 1 is 1.29 bits per heavy atom. The Balaban J connectivity index is 2.27. The van der Waals surface area contributed by atoms with E-state index in [9.17, 15) is 5.26 Å². The first-order valence-corrected chi connectivity index (χ1v) is 6.78. The molecule has 2 rings (SSSR count). The summed E-state index contributed by atoms with van der Waals surface area (Å²) in [7, 11) is 1.60. The highest BCUT2D eigenvalue weighted by Gasteiger charge is 2.14. The molecule has 6 heteroatoms. The van der Waals surface area contributed by atoms with Crippen molar-refractivity contribution in [3.05, 3.63) is 46.6 Å². The molecule has 0 amide bonds. The van der Waals surface area contributed by atoms with Gasteiger partial charge in [0.05, 0.1) is 18.8 Å². The van der Waals surface area contributed by atoms with E-state index in [2.05, 4.69) is 6.07 Å². The number of ether oxygens (including phenoxy) is 2. The van der Waals surface area contributed by atoms with Gasteiger partial charge in [-0.15, -0.1) is 0 Å². The quantitative estimate of drug-likeness (QED) is 0.833. The summed E-state index contributed by atoms with van der Waals surface area (Å²) in [5, 5.41) is 9.89. The number of rotatable bonds is 6. The van der Waals surface area contributed by atoms with Crippen molar-refractivity contribution < 1.29 is 9.47 Å². The van der Waals surface area contributed by atoms with Gasteiger partial charge < -0.3 is 15.2 Å². The second kappa shape index (κ2) is 7.02. The van der Waals surface area contributed by atoms with E-state index >= 15 is 0 Å². The van der Waals surface area contributed by atoms with E-state index in [1.165, 1.54) is 0 Å². The van der Waals surface area contributed by atoms with Crippen molar-refractivity contribution in [2.45, 2.75) is 6.54 Å². The molecule has 0 saturated carbocycles. The molecule has 2 N–H and O–H groups in total. The molecule has 0 unspecified atom stereocenters. The van der Waals surface area contributed by atoms with E-state index < -0.39 is 0 Å². The van der Waals surface area contributed by atoms with E-state index in [0.717, 1.165) is 5.56 Å². The Bertz CT molecular complexity index is 644. The molecule has 0 aliphatic heterocycles. The normalized spacial score (nSPS) is 10.3. The highest BCUT2D eigenvalue weighted by Crippen LogP contribution is 2.27. The average Bonchev–Trinajstić information content (AvgIpc) is 2.78. The highest BCUT2D eigenvalue weighted by atomic mass is 35.5. The Morgan fingerprint density at radius 2 is 2.00 bits per heavy atom. The van der Waals surface area contributed by atoms with Gasteiger partial charge in [-0.25, -0.2) is 0 Å². The van der Waals surface area contributed by atoms with Crippen LogP contribution in [0.4, 0.5) is 5.69 Å². The summed E-state index contributed by atoms with van der Waals surface area (Å²) < 4.78 is 12.3. The maximum absolute atomic E-state index is 9.22. The Morgan fingerprint density at radius 3 is 2.62 bits per heavy atom. The summed E-state index contributed by atoms with van der Waals surface area (Å²) in [6, 6.07) is 11.2. The molecule has 0 saturated heterocycles. The van der Waals surface area contributed by atoms with Crippen molar-refractivity contribution in [2.24, 2.45) is 0 Å². The van der Waals surface area contributed by atoms with Crippen LogP contribution in [0.3, 0.4) is 0 Å². The van der Waals surface area contributed by atoms with Crippen LogP contribution in [-0.4, -0.2) is 24.9 Å². The highest BCUT2D eigenvalue weighted by molar-refractivity contribution is 6.30. The topological polar surface area (TPSA) is 73.2 Å². The number of nitrogen functional groups attached to an aromatic ring is 1. The fourth-order valence-corrected chi connectivity index (χ4v) is 2.08. The van der Waals surface area contributed by atoms with Crippen LogP contribution >= 0.6 is 11.6 Å². The SMILES string of the molecule is COCCOc1c(N)cc(C#N)n1Cc1ccc(Cl)cc1. The molecule has 0 spiro atoms. The van der Waals surface area contributed by atoms with Crippen LogP contribution < -0.4 is 10.5 Å². The minimum atomic E-state index is 0.371. The van der Waals surface area contributed by atoms with Crippen molar-refractivity contribution in [3.8, 4) is 11.9 Å². The molecule has 1 aromatic heterocycles. The molecule has 0 atom stereocenters. The van der Waals surface area contributed by atoms with Gasteiger partial charge in [0, 0.05) is 18.2 Å². The molecule has 21 heavy (non-hydrogen) atoms. The molecule has 110 valence electrons. The first kappa shape index (κ1) is 15.2. The second-order valence-corrected chi connectivity index (χ2v) is 4.89. The molecule has 0 fully saturated rings. The van der Waals surface area contributed by atoms with E-state index in [4.69, 9.17) is 26.8 Å². The van der Waals surface area contributed by atoms with Crippen LogP contribution in [0.1, 0.15) is 11.3 Å². The lowest BCUT2D eigenvalue weighted by Crippen LogP contribution is -2.11. The summed E-state index contributed by atoms with van der Waals surface area (Å²) in [5.41, 5.74) is 7.82. The van der Waals surface area contributed by atoms with Gasteiger partial charge in [0.25, 0.3) is 0 Å². The van der Waals surface area contributed by atoms with E-state index in [1.807, 2.05) is 12.1 Å². The van der Waals surface area contributed by atoms with E-state index in [0.29, 0.717) is 42.0 Å². The van der Waals surface area contributed by atoms with Gasteiger partial charge in [-0.1, -0.05) is 23.7 Å². The summed E-state index contributed by atoms with van der Waals surface area (Å²) in [6.45, 7) is 1.31. The zero-order valence-corrected chi connectivity index (χ0v) is 12.4. The standard InChI is InChI=1S/C15H16ClN3O2/c1-20-6-7-21-15-14(18)8-13(9-17)19(15)10-11-2-4-12(16)5-3-11/h2-5,8H,6-7,10,18H2,1H3. The Labute approximate surface area is 128 Å². The predicted octanol–water partition coefficient (Wildman–Crippen LogP) is 2.67. The van der Waals surface area contributed by atoms with Crippen molar-refractivity contribution in [1.29, 1.82) is 5.26 Å². The first-order valence-electron chi connectivity index (χ1n) is 6.41. The molecule has 0 aliphatic rings. The van der Waals surface area contributed by atoms with Gasteiger partial charge in [0.15, 0.2) is 0 Å². The van der Waals surface area contributed by atoms with Crippen LogP contribution in [0.15, 0.2) is 30.3 Å². The lowest BCUT2D eigenvalue weighted by molar-refractivity contribution is 0.142. The summed E-state index contributed by atoms with van der Waals surface area (Å²) in [5.74, 6) is 0.485. The molecule has 0 aliphatic carbocycles. The number of hydrogen-bond donors (Lipinski definition) is 1. The molecule has 5 nitrogen and oxygen atoms in total. The fraction of sp³-hybridized carbons (Fsp3) is 0.267. The molecule has 1 aromatic carbocycles. The third-order valence-electron chi connectivity index (χ3n) is 2.97. The number of benzene rings is 1. The van der Waals surface area contributed by atoms with Crippen molar-refractivity contribution in [2.75, 3.05) is 26.1 Å². The Kier molecular flexibility index (Phi) is 5.09. The van der Waals surface area contributed by atoms with Gasteiger partial charge in [0.1, 0.15) is 18.4 Å². The summed E-state index contributed by atoms with van der Waals surface area (Å²) in [4.78, 5) is 0. The van der Waals surface area contributed by atoms with Gasteiger partial charge in [-0.2, -0.15) is 5.26 Å². The number of hydrogen-bond acceptors (Lipinski definition) is 4. The number of nitriles is 1. The lowest BCUT2D eigenvalue weighted by Gasteiger charge is -2.12. The number of aromatic nitrogens is 1. The second-order valence-electron chi connectivity index (χ2n) is 4.46. The largest absolute Gasteiger partial charge is 0.475 e. The van der Waals surface area contributed by atoms with Crippen molar-refractivity contribution in [3.63, 3.8) is 0 Å². The maximum atomic E-state index is 9.22. The van der Waals surface area contributed by atoms with Gasteiger partial charge in [-0.05, 0) is 17.7 Å². The zero-order valence-electron chi connectivity index (χ0n) is 11.7. The minimum Gasteiger partial charge on any atom is -0.475 e. The number of nitrogens with zero attached hydrogens (tertiary/aromatic N) is 2. The van der Waals surface area contributed by atoms with Crippen LogP contribution in [0, 0.1) is 11.3 Å². The first-order chi connectivity index (χ1) is 10.2.